The maximum atomic E-state index is 11.4. The van der Waals surface area contributed by atoms with Crippen LogP contribution in [-0.2, 0) is 11.2 Å². The zero-order valence-corrected chi connectivity index (χ0v) is 11.4. The standard InChI is InChI=1S/C17H18N2O/c20-17-7-4-12-19(18-17)16-10-8-15(9-11-16)13-14-5-2-1-3-6-14/h1-3,5-6,8-11H,4,7,12-13H2,(H,18,20). The Morgan fingerprint density at radius 3 is 2.35 bits per heavy atom. The van der Waals surface area contributed by atoms with Crippen LogP contribution in [0.15, 0.2) is 54.6 Å². The minimum absolute atomic E-state index is 0.101. The van der Waals surface area contributed by atoms with Gasteiger partial charge in [-0.2, -0.15) is 0 Å². The Labute approximate surface area is 119 Å². The lowest BCUT2D eigenvalue weighted by Gasteiger charge is -2.29. The molecule has 1 aliphatic heterocycles. The normalized spacial score (nSPS) is 15.0. The zero-order valence-electron chi connectivity index (χ0n) is 11.4. The molecule has 0 atom stereocenters. The zero-order chi connectivity index (χ0) is 13.8. The second-order valence-electron chi connectivity index (χ2n) is 5.12. The average Bonchev–Trinajstić information content (AvgIpc) is 2.49. The fourth-order valence-electron chi connectivity index (χ4n) is 2.48. The number of amides is 1. The van der Waals surface area contributed by atoms with Crippen molar-refractivity contribution in [1.29, 1.82) is 0 Å². The molecule has 20 heavy (non-hydrogen) atoms. The van der Waals surface area contributed by atoms with Crippen LogP contribution in [-0.4, -0.2) is 12.5 Å². The first-order valence-corrected chi connectivity index (χ1v) is 7.01. The lowest BCUT2D eigenvalue weighted by atomic mass is 10.0. The van der Waals surface area contributed by atoms with Crippen LogP contribution < -0.4 is 10.4 Å². The molecule has 0 unspecified atom stereocenters. The van der Waals surface area contributed by atoms with Crippen molar-refractivity contribution < 1.29 is 4.79 Å². The van der Waals surface area contributed by atoms with Crippen molar-refractivity contribution in [1.82, 2.24) is 5.43 Å². The number of nitrogens with one attached hydrogen (secondary N) is 1. The van der Waals surface area contributed by atoms with Gasteiger partial charge >= 0.3 is 0 Å². The van der Waals surface area contributed by atoms with Crippen LogP contribution >= 0.6 is 0 Å². The maximum absolute atomic E-state index is 11.4. The van der Waals surface area contributed by atoms with Crippen molar-refractivity contribution in [3.8, 4) is 0 Å². The molecule has 0 saturated carbocycles. The SMILES string of the molecule is O=C1CCCN(c2ccc(Cc3ccccc3)cc2)N1. The summed E-state index contributed by atoms with van der Waals surface area (Å²) < 4.78 is 0. The summed E-state index contributed by atoms with van der Waals surface area (Å²) in [5.74, 6) is 0.101. The molecular weight excluding hydrogens is 248 g/mol. The molecule has 1 aliphatic rings. The van der Waals surface area contributed by atoms with Gasteiger partial charge in [0.15, 0.2) is 0 Å². The predicted octanol–water partition coefficient (Wildman–Crippen LogP) is 2.91. The maximum Gasteiger partial charge on any atom is 0.238 e. The monoisotopic (exact) mass is 266 g/mol. The molecule has 1 amide bonds. The highest BCUT2D eigenvalue weighted by Gasteiger charge is 2.15. The van der Waals surface area contributed by atoms with Crippen molar-refractivity contribution in [3.63, 3.8) is 0 Å². The Bertz CT molecular complexity index is 578. The molecule has 1 saturated heterocycles. The highest BCUT2D eigenvalue weighted by atomic mass is 16.2. The largest absolute Gasteiger partial charge is 0.286 e. The van der Waals surface area contributed by atoms with Crippen molar-refractivity contribution >= 4 is 11.6 Å². The first-order valence-electron chi connectivity index (χ1n) is 7.01. The van der Waals surface area contributed by atoms with Gasteiger partial charge in [0.2, 0.25) is 5.91 Å². The summed E-state index contributed by atoms with van der Waals surface area (Å²) in [7, 11) is 0. The van der Waals surface area contributed by atoms with E-state index in [4.69, 9.17) is 0 Å². The van der Waals surface area contributed by atoms with E-state index >= 15 is 0 Å². The summed E-state index contributed by atoms with van der Waals surface area (Å²) >= 11 is 0. The first kappa shape index (κ1) is 12.7. The van der Waals surface area contributed by atoms with Gasteiger partial charge < -0.3 is 0 Å². The minimum Gasteiger partial charge on any atom is -0.286 e. The quantitative estimate of drug-likeness (QED) is 0.926. The molecule has 3 rings (SSSR count). The van der Waals surface area contributed by atoms with E-state index in [2.05, 4.69) is 54.0 Å². The third kappa shape index (κ3) is 2.99. The van der Waals surface area contributed by atoms with Gasteiger partial charge in [0.25, 0.3) is 0 Å². The van der Waals surface area contributed by atoms with Crippen LogP contribution in [0.4, 0.5) is 5.69 Å². The summed E-state index contributed by atoms with van der Waals surface area (Å²) in [6.07, 6.45) is 2.48. The van der Waals surface area contributed by atoms with Crippen molar-refractivity contribution in [2.75, 3.05) is 11.6 Å². The molecular formula is C17H18N2O. The van der Waals surface area contributed by atoms with Crippen LogP contribution in [0.25, 0.3) is 0 Å². The number of rotatable bonds is 3. The van der Waals surface area contributed by atoms with Gasteiger partial charge in [-0.25, -0.2) is 0 Å². The fourth-order valence-corrected chi connectivity index (χ4v) is 2.48. The molecule has 102 valence electrons. The number of carbonyl (C=O) groups is 1. The predicted molar refractivity (Wildman–Crippen MR) is 80.4 cm³/mol. The molecule has 3 heteroatoms. The van der Waals surface area contributed by atoms with Crippen LogP contribution in [0.2, 0.25) is 0 Å². The summed E-state index contributed by atoms with van der Waals surface area (Å²) in [5, 5.41) is 1.93. The van der Waals surface area contributed by atoms with E-state index in [9.17, 15) is 4.79 Å². The molecule has 0 bridgehead atoms. The molecule has 3 nitrogen and oxygen atoms in total. The van der Waals surface area contributed by atoms with E-state index in [-0.39, 0.29) is 5.91 Å². The molecule has 2 aromatic rings. The fraction of sp³-hybridized carbons (Fsp3) is 0.235. The smallest absolute Gasteiger partial charge is 0.238 e. The number of carbonyl (C=O) groups excluding carboxylic acids is 1. The molecule has 0 radical (unpaired) electrons. The van der Waals surface area contributed by atoms with E-state index in [1.165, 1.54) is 11.1 Å². The van der Waals surface area contributed by atoms with Crippen molar-refractivity contribution in [3.05, 3.63) is 65.7 Å². The van der Waals surface area contributed by atoms with Gasteiger partial charge in [0.1, 0.15) is 0 Å². The Morgan fingerprint density at radius 1 is 0.950 bits per heavy atom. The number of hydrogen-bond acceptors (Lipinski definition) is 2. The summed E-state index contributed by atoms with van der Waals surface area (Å²) in [6.45, 7) is 0.879. The summed E-state index contributed by atoms with van der Waals surface area (Å²) in [6, 6.07) is 18.8. The Kier molecular flexibility index (Phi) is 3.68. The van der Waals surface area contributed by atoms with Crippen LogP contribution in [0.1, 0.15) is 24.0 Å². The number of anilines is 1. The van der Waals surface area contributed by atoms with Crippen LogP contribution in [0, 0.1) is 0 Å². The van der Waals surface area contributed by atoms with E-state index in [0.717, 1.165) is 25.1 Å². The van der Waals surface area contributed by atoms with E-state index in [0.29, 0.717) is 6.42 Å². The third-order valence-corrected chi connectivity index (χ3v) is 3.54. The van der Waals surface area contributed by atoms with Gasteiger partial charge in [0.05, 0.1) is 5.69 Å². The van der Waals surface area contributed by atoms with Gasteiger partial charge in [-0.1, -0.05) is 42.5 Å². The average molecular weight is 266 g/mol. The molecule has 0 aromatic heterocycles. The second-order valence-corrected chi connectivity index (χ2v) is 5.12. The van der Waals surface area contributed by atoms with Crippen molar-refractivity contribution in [2.24, 2.45) is 0 Å². The highest BCUT2D eigenvalue weighted by Crippen LogP contribution is 2.18. The molecule has 1 N–H and O–H groups in total. The lowest BCUT2D eigenvalue weighted by molar-refractivity contribution is -0.122. The molecule has 2 aromatic carbocycles. The van der Waals surface area contributed by atoms with Gasteiger partial charge in [-0.05, 0) is 36.1 Å². The van der Waals surface area contributed by atoms with E-state index in [1.54, 1.807) is 0 Å². The molecule has 1 heterocycles. The first-order chi connectivity index (χ1) is 9.81. The van der Waals surface area contributed by atoms with Crippen LogP contribution in [0.3, 0.4) is 0 Å². The van der Waals surface area contributed by atoms with E-state index < -0.39 is 0 Å². The topological polar surface area (TPSA) is 32.3 Å². The Morgan fingerprint density at radius 2 is 1.65 bits per heavy atom. The van der Waals surface area contributed by atoms with Gasteiger partial charge in [0, 0.05) is 13.0 Å². The Balaban J connectivity index is 1.69. The number of hydrazine groups is 1. The lowest BCUT2D eigenvalue weighted by Crippen LogP contribution is -2.46. The highest BCUT2D eigenvalue weighted by molar-refractivity contribution is 5.79. The number of hydrogen-bond donors (Lipinski definition) is 1. The molecule has 1 fully saturated rings. The molecule has 0 aliphatic carbocycles. The molecule has 0 spiro atoms. The van der Waals surface area contributed by atoms with E-state index in [1.807, 2.05) is 11.1 Å². The minimum atomic E-state index is 0.101. The van der Waals surface area contributed by atoms with Crippen LogP contribution in [0.5, 0.6) is 0 Å². The van der Waals surface area contributed by atoms with Gasteiger partial charge in [-0.3, -0.25) is 15.2 Å². The Hall–Kier alpha value is -2.29. The second kappa shape index (κ2) is 5.78. The van der Waals surface area contributed by atoms with Crippen molar-refractivity contribution in [2.45, 2.75) is 19.3 Å². The van der Waals surface area contributed by atoms with Gasteiger partial charge in [-0.15, -0.1) is 0 Å². The number of nitrogens with zero attached hydrogens (tertiary/aromatic N) is 1. The number of benzene rings is 2. The summed E-state index contributed by atoms with van der Waals surface area (Å²) in [5.41, 5.74) is 6.54. The summed E-state index contributed by atoms with van der Waals surface area (Å²) in [4.78, 5) is 11.4. The third-order valence-electron chi connectivity index (χ3n) is 3.54.